The van der Waals surface area contributed by atoms with E-state index in [1.165, 1.54) is 13.8 Å². The summed E-state index contributed by atoms with van der Waals surface area (Å²) >= 11 is 0. The van der Waals surface area contributed by atoms with Crippen LogP contribution in [0.15, 0.2) is 4.90 Å². The lowest BCUT2D eigenvalue weighted by Crippen LogP contribution is -2.09. The first-order valence-electron chi connectivity index (χ1n) is 4.81. The Morgan fingerprint density at radius 1 is 1.00 bits per heavy atom. The highest BCUT2D eigenvalue weighted by Gasteiger charge is 2.28. The van der Waals surface area contributed by atoms with Gasteiger partial charge in [-0.1, -0.05) is 0 Å². The van der Waals surface area contributed by atoms with E-state index in [4.69, 9.17) is 4.55 Å². The predicted octanol–water partition coefficient (Wildman–Crippen LogP) is 2.08. The second-order valence-electron chi connectivity index (χ2n) is 3.91. The molecule has 0 saturated carbocycles. The molecule has 0 radical (unpaired) electrons. The molecule has 0 aliphatic rings. The highest BCUT2D eigenvalue weighted by molar-refractivity contribution is 7.86. The summed E-state index contributed by atoms with van der Waals surface area (Å²) in [5, 5.41) is 10.9. The lowest BCUT2D eigenvalue weighted by molar-refractivity contribution is -0.386. The third-order valence-electron chi connectivity index (χ3n) is 2.96. The van der Waals surface area contributed by atoms with Crippen molar-refractivity contribution in [1.82, 2.24) is 0 Å². The highest BCUT2D eigenvalue weighted by atomic mass is 32.2. The molecule has 1 aromatic rings. The molecule has 0 amide bonds. The van der Waals surface area contributed by atoms with Crippen molar-refractivity contribution in [2.45, 2.75) is 32.6 Å². The Morgan fingerprint density at radius 3 is 1.82 bits per heavy atom. The van der Waals surface area contributed by atoms with E-state index in [1.54, 1.807) is 13.8 Å². The van der Waals surface area contributed by atoms with Gasteiger partial charge in [-0.25, -0.2) is 0 Å². The van der Waals surface area contributed by atoms with Gasteiger partial charge in [0.05, 0.1) is 4.92 Å². The topological polar surface area (TPSA) is 97.5 Å². The lowest BCUT2D eigenvalue weighted by atomic mass is 9.98. The SMILES string of the molecule is Cc1c(C)c([N+](=O)[O-])c(C)c(S(=O)(=O)O)c1C. The van der Waals surface area contributed by atoms with Gasteiger partial charge in [0.15, 0.2) is 0 Å². The second kappa shape index (κ2) is 4.08. The molecule has 1 N–H and O–H groups in total. The summed E-state index contributed by atoms with van der Waals surface area (Å²) < 4.78 is 31.6. The first-order chi connectivity index (χ1) is 7.59. The summed E-state index contributed by atoms with van der Waals surface area (Å²) in [6, 6.07) is 0. The smallest absolute Gasteiger partial charge is 0.282 e. The molecular weight excluding hydrogens is 246 g/mol. The molecule has 0 saturated heterocycles. The number of benzene rings is 1. The van der Waals surface area contributed by atoms with E-state index in [9.17, 15) is 18.5 Å². The number of hydrogen-bond donors (Lipinski definition) is 1. The van der Waals surface area contributed by atoms with E-state index in [0.717, 1.165) is 0 Å². The monoisotopic (exact) mass is 259 g/mol. The fraction of sp³-hybridized carbons (Fsp3) is 0.400. The van der Waals surface area contributed by atoms with Gasteiger partial charge in [-0.05, 0) is 38.8 Å². The zero-order chi connectivity index (χ0) is 13.5. The number of hydrogen-bond acceptors (Lipinski definition) is 4. The van der Waals surface area contributed by atoms with Crippen LogP contribution in [0.2, 0.25) is 0 Å². The largest absolute Gasteiger partial charge is 0.295 e. The van der Waals surface area contributed by atoms with Crippen LogP contribution in [-0.4, -0.2) is 17.9 Å². The van der Waals surface area contributed by atoms with Crippen molar-refractivity contribution in [1.29, 1.82) is 0 Å². The van der Waals surface area contributed by atoms with Crippen LogP contribution in [0.1, 0.15) is 22.3 Å². The number of rotatable bonds is 2. The summed E-state index contributed by atoms with van der Waals surface area (Å²) in [6.45, 7) is 5.98. The van der Waals surface area contributed by atoms with Crippen molar-refractivity contribution < 1.29 is 17.9 Å². The Hall–Kier alpha value is -1.47. The zero-order valence-electron chi connectivity index (χ0n) is 9.94. The summed E-state index contributed by atoms with van der Waals surface area (Å²) in [7, 11) is -4.46. The minimum Gasteiger partial charge on any atom is -0.282 e. The molecule has 0 aliphatic heterocycles. The second-order valence-corrected chi connectivity index (χ2v) is 5.27. The van der Waals surface area contributed by atoms with E-state index >= 15 is 0 Å². The molecule has 7 heteroatoms. The Morgan fingerprint density at radius 2 is 1.47 bits per heavy atom. The van der Waals surface area contributed by atoms with E-state index < -0.39 is 15.0 Å². The molecule has 0 heterocycles. The van der Waals surface area contributed by atoms with Crippen LogP contribution in [0.5, 0.6) is 0 Å². The third kappa shape index (κ3) is 2.16. The molecule has 94 valence electrons. The molecule has 0 fully saturated rings. The maximum atomic E-state index is 11.2. The fourth-order valence-electron chi connectivity index (χ4n) is 1.96. The van der Waals surface area contributed by atoms with Gasteiger partial charge in [0.25, 0.3) is 15.8 Å². The fourth-order valence-corrected chi connectivity index (χ4v) is 2.98. The minimum atomic E-state index is -4.46. The molecule has 0 bridgehead atoms. The summed E-state index contributed by atoms with van der Waals surface area (Å²) in [6.07, 6.45) is 0. The van der Waals surface area contributed by atoms with Gasteiger partial charge >= 0.3 is 0 Å². The van der Waals surface area contributed by atoms with Crippen LogP contribution in [0.4, 0.5) is 5.69 Å². The normalized spacial score (nSPS) is 11.6. The van der Waals surface area contributed by atoms with Crippen molar-refractivity contribution >= 4 is 15.8 Å². The van der Waals surface area contributed by atoms with Crippen molar-refractivity contribution in [3.8, 4) is 0 Å². The van der Waals surface area contributed by atoms with E-state index in [0.29, 0.717) is 16.7 Å². The van der Waals surface area contributed by atoms with Gasteiger partial charge < -0.3 is 0 Å². The summed E-state index contributed by atoms with van der Waals surface area (Å²) in [5.74, 6) is 0. The molecule has 0 spiro atoms. The van der Waals surface area contributed by atoms with Crippen LogP contribution < -0.4 is 0 Å². The van der Waals surface area contributed by atoms with Gasteiger partial charge in [-0.3, -0.25) is 14.7 Å². The maximum absolute atomic E-state index is 11.2. The quantitative estimate of drug-likeness (QED) is 0.498. The third-order valence-corrected chi connectivity index (χ3v) is 4.09. The molecule has 1 aromatic carbocycles. The molecule has 17 heavy (non-hydrogen) atoms. The minimum absolute atomic E-state index is 0.0295. The average Bonchev–Trinajstić information content (AvgIpc) is 2.11. The van der Waals surface area contributed by atoms with Crippen LogP contribution in [0.25, 0.3) is 0 Å². The number of nitro groups is 1. The first-order valence-corrected chi connectivity index (χ1v) is 6.25. The van der Waals surface area contributed by atoms with Crippen LogP contribution in [0.3, 0.4) is 0 Å². The van der Waals surface area contributed by atoms with E-state index in [1.807, 2.05) is 0 Å². The first kappa shape index (κ1) is 13.6. The Balaban J connectivity index is 3.95. The number of nitrogens with zero attached hydrogens (tertiary/aromatic N) is 1. The molecule has 0 unspecified atom stereocenters. The van der Waals surface area contributed by atoms with Crippen LogP contribution in [0, 0.1) is 37.8 Å². The molecule has 0 aromatic heterocycles. The van der Waals surface area contributed by atoms with Crippen molar-refractivity contribution in [2.24, 2.45) is 0 Å². The van der Waals surface area contributed by atoms with Gasteiger partial charge in [-0.15, -0.1) is 0 Å². The van der Waals surface area contributed by atoms with E-state index in [-0.39, 0.29) is 16.1 Å². The lowest BCUT2D eigenvalue weighted by Gasteiger charge is -2.13. The van der Waals surface area contributed by atoms with Gasteiger partial charge in [0.2, 0.25) is 0 Å². The van der Waals surface area contributed by atoms with Gasteiger partial charge in [0, 0.05) is 11.1 Å². The van der Waals surface area contributed by atoms with Crippen molar-refractivity contribution in [2.75, 3.05) is 0 Å². The summed E-state index contributed by atoms with van der Waals surface area (Å²) in [5.41, 5.74) is 0.958. The average molecular weight is 259 g/mol. The summed E-state index contributed by atoms with van der Waals surface area (Å²) in [4.78, 5) is 9.91. The highest BCUT2D eigenvalue weighted by Crippen LogP contribution is 2.34. The molecular formula is C10H13NO5S. The van der Waals surface area contributed by atoms with Crippen molar-refractivity contribution in [3.63, 3.8) is 0 Å². The van der Waals surface area contributed by atoms with E-state index in [2.05, 4.69) is 0 Å². The van der Waals surface area contributed by atoms with Crippen LogP contribution in [-0.2, 0) is 10.1 Å². The van der Waals surface area contributed by atoms with Gasteiger partial charge in [0.1, 0.15) is 4.90 Å². The van der Waals surface area contributed by atoms with Gasteiger partial charge in [-0.2, -0.15) is 8.42 Å². The van der Waals surface area contributed by atoms with Crippen LogP contribution >= 0.6 is 0 Å². The molecule has 0 aliphatic carbocycles. The van der Waals surface area contributed by atoms with Crippen molar-refractivity contribution in [3.05, 3.63) is 32.4 Å². The molecule has 6 nitrogen and oxygen atoms in total. The Bertz CT molecular complexity index is 604. The zero-order valence-corrected chi connectivity index (χ0v) is 10.8. The standard InChI is InChI=1S/C10H13NO5S/c1-5-6(2)9(11(12)13)8(4)10(7(5)3)17(14,15)16/h1-4H3,(H,14,15,16). The predicted molar refractivity (Wildman–Crippen MR) is 61.9 cm³/mol. The Kier molecular flexibility index (Phi) is 3.26. The maximum Gasteiger partial charge on any atom is 0.295 e. The Labute approximate surface area is 99.2 Å². The molecule has 1 rings (SSSR count). The number of nitro benzene ring substituents is 1. The molecule has 0 atom stereocenters.